The van der Waals surface area contributed by atoms with Crippen LogP contribution in [0.3, 0.4) is 0 Å². The third kappa shape index (κ3) is 8.06. The molecule has 11 heteroatoms. The van der Waals surface area contributed by atoms with Crippen LogP contribution in [0.5, 0.6) is 0 Å². The molecule has 0 radical (unpaired) electrons. The second-order valence-corrected chi connectivity index (χ2v) is 6.45. The minimum Gasteiger partial charge on any atom is -0.463 e. The second-order valence-electron chi connectivity index (χ2n) is 6.45. The molecule has 0 aliphatic carbocycles. The summed E-state index contributed by atoms with van der Waals surface area (Å²) >= 11 is 0. The van der Waals surface area contributed by atoms with Crippen molar-refractivity contribution in [2.75, 3.05) is 6.61 Å². The molecular formula is C18H27NO10. The number of nitrogens with one attached hydrogen (secondary N) is 1. The molecule has 1 rings (SSSR count). The van der Waals surface area contributed by atoms with E-state index in [0.717, 1.165) is 20.8 Å². The molecule has 0 saturated carbocycles. The summed E-state index contributed by atoms with van der Waals surface area (Å²) in [7, 11) is 0. The van der Waals surface area contributed by atoms with Crippen molar-refractivity contribution in [3.63, 3.8) is 0 Å². The summed E-state index contributed by atoms with van der Waals surface area (Å²) in [5.41, 5.74) is 0. The summed E-state index contributed by atoms with van der Waals surface area (Å²) in [6.07, 6.45) is -4.27. The molecule has 1 fully saturated rings. The molecule has 1 N–H and O–H groups in total. The molecule has 1 aliphatic rings. The Morgan fingerprint density at radius 2 is 1.38 bits per heavy atom. The zero-order valence-electron chi connectivity index (χ0n) is 17.1. The quantitative estimate of drug-likeness (QED) is 0.423. The molecule has 164 valence electrons. The Balaban J connectivity index is 3.31. The van der Waals surface area contributed by atoms with Crippen LogP contribution < -0.4 is 5.32 Å². The Bertz CT molecular complexity index is 634. The number of carbonyl (C=O) groups excluding carboxylic acids is 5. The topological polar surface area (TPSA) is 144 Å². The fraction of sp³-hybridized carbons (Fsp3) is 0.722. The van der Waals surface area contributed by atoms with E-state index < -0.39 is 60.4 Å². The maximum atomic E-state index is 12.2. The average Bonchev–Trinajstić information content (AvgIpc) is 2.57. The van der Waals surface area contributed by atoms with Crippen molar-refractivity contribution < 1.29 is 47.7 Å². The number of hydrogen-bond donors (Lipinski definition) is 1. The van der Waals surface area contributed by atoms with E-state index in [1.165, 1.54) is 6.92 Å². The molecule has 0 aromatic rings. The maximum Gasteiger partial charge on any atom is 0.305 e. The van der Waals surface area contributed by atoms with E-state index in [0.29, 0.717) is 6.42 Å². The van der Waals surface area contributed by atoms with Gasteiger partial charge in [-0.25, -0.2) is 0 Å². The van der Waals surface area contributed by atoms with Gasteiger partial charge < -0.3 is 29.0 Å². The molecule has 0 bridgehead atoms. The largest absolute Gasteiger partial charge is 0.463 e. The Morgan fingerprint density at radius 1 is 0.828 bits per heavy atom. The van der Waals surface area contributed by atoms with Gasteiger partial charge in [0.25, 0.3) is 0 Å². The fourth-order valence-corrected chi connectivity index (χ4v) is 2.81. The predicted octanol–water partition coefficient (Wildman–Crippen LogP) is -0.0142. The van der Waals surface area contributed by atoms with E-state index in [9.17, 15) is 24.0 Å². The van der Waals surface area contributed by atoms with Crippen LogP contribution in [0.25, 0.3) is 0 Å². The van der Waals surface area contributed by atoms with Gasteiger partial charge in [-0.15, -0.1) is 0 Å². The minimum atomic E-state index is -1.37. The number of carbonyl (C=O) groups is 5. The summed E-state index contributed by atoms with van der Waals surface area (Å²) in [5, 5.41) is 2.60. The Hall–Kier alpha value is -2.69. The van der Waals surface area contributed by atoms with Crippen molar-refractivity contribution in [3.05, 3.63) is 0 Å². The van der Waals surface area contributed by atoms with Crippen LogP contribution in [-0.2, 0) is 47.7 Å². The van der Waals surface area contributed by atoms with Gasteiger partial charge in [0.05, 0.1) is 0 Å². The molecule has 0 spiro atoms. The lowest BCUT2D eigenvalue weighted by Gasteiger charge is -2.44. The van der Waals surface area contributed by atoms with Crippen LogP contribution in [0.15, 0.2) is 0 Å². The third-order valence-electron chi connectivity index (χ3n) is 3.79. The Labute approximate surface area is 168 Å². The van der Waals surface area contributed by atoms with E-state index in [-0.39, 0.29) is 13.0 Å². The highest BCUT2D eigenvalue weighted by atomic mass is 16.7. The molecule has 1 heterocycles. The first kappa shape index (κ1) is 24.3. The van der Waals surface area contributed by atoms with Crippen molar-refractivity contribution >= 4 is 29.8 Å². The summed E-state index contributed by atoms with van der Waals surface area (Å²) in [6.45, 7) is 6.00. The van der Waals surface area contributed by atoms with E-state index in [1.54, 1.807) is 6.92 Å². The number of amides is 1. The summed E-state index contributed by atoms with van der Waals surface area (Å²) in [6, 6.07) is -1.15. The smallest absolute Gasteiger partial charge is 0.305 e. The first-order valence-electron chi connectivity index (χ1n) is 9.15. The van der Waals surface area contributed by atoms with Gasteiger partial charge in [0.15, 0.2) is 12.2 Å². The van der Waals surface area contributed by atoms with Crippen LogP contribution in [0.4, 0.5) is 0 Å². The van der Waals surface area contributed by atoms with Gasteiger partial charge >= 0.3 is 23.9 Å². The van der Waals surface area contributed by atoms with Crippen molar-refractivity contribution in [2.45, 2.75) is 78.1 Å². The maximum absolute atomic E-state index is 12.2. The predicted molar refractivity (Wildman–Crippen MR) is 95.0 cm³/mol. The SMILES string of the molecule is CCCC(=O)NC1C(OC(C)=O)[C@H](OC(C)=O)C(COC(C)=O)O[C@H]1OC(C)=O. The highest BCUT2D eigenvalue weighted by Gasteiger charge is 2.52. The number of esters is 4. The van der Waals surface area contributed by atoms with Crippen LogP contribution in [0.2, 0.25) is 0 Å². The van der Waals surface area contributed by atoms with Crippen LogP contribution in [0, 0.1) is 0 Å². The van der Waals surface area contributed by atoms with Crippen LogP contribution in [-0.4, -0.2) is 67.0 Å². The number of rotatable bonds is 8. The molecule has 1 amide bonds. The van der Waals surface area contributed by atoms with Gasteiger partial charge in [0.1, 0.15) is 18.8 Å². The fourth-order valence-electron chi connectivity index (χ4n) is 2.81. The van der Waals surface area contributed by atoms with E-state index in [4.69, 9.17) is 23.7 Å². The van der Waals surface area contributed by atoms with Crippen molar-refractivity contribution in [3.8, 4) is 0 Å². The monoisotopic (exact) mass is 417 g/mol. The van der Waals surface area contributed by atoms with Gasteiger partial charge in [-0.05, 0) is 6.42 Å². The number of hydrogen-bond acceptors (Lipinski definition) is 10. The highest BCUT2D eigenvalue weighted by molar-refractivity contribution is 5.76. The normalized spacial score (nSPS) is 26.0. The van der Waals surface area contributed by atoms with Crippen LogP contribution >= 0.6 is 0 Å². The molecule has 1 saturated heterocycles. The van der Waals surface area contributed by atoms with E-state index in [1.807, 2.05) is 0 Å². The summed E-state index contributed by atoms with van der Waals surface area (Å²) < 4.78 is 26.3. The van der Waals surface area contributed by atoms with E-state index >= 15 is 0 Å². The van der Waals surface area contributed by atoms with Crippen LogP contribution in [0.1, 0.15) is 47.5 Å². The Kier molecular flexibility index (Phi) is 9.53. The average molecular weight is 417 g/mol. The lowest BCUT2D eigenvalue weighted by Crippen LogP contribution is -2.67. The lowest BCUT2D eigenvalue weighted by atomic mass is 9.96. The number of ether oxygens (including phenoxy) is 5. The lowest BCUT2D eigenvalue weighted by molar-refractivity contribution is -0.271. The second kappa shape index (κ2) is 11.3. The van der Waals surface area contributed by atoms with Crippen molar-refractivity contribution in [2.24, 2.45) is 0 Å². The first-order valence-corrected chi connectivity index (χ1v) is 9.15. The standard InChI is InChI=1S/C18H27NO10/c1-6-7-14(24)19-15-17(27-11(4)22)16(26-10(3)21)13(8-25-9(2)20)29-18(15)28-12(5)23/h13,15-18H,6-8H2,1-5H3,(H,19,24)/t13?,15?,16-,17?,18-/m1/s1. The third-order valence-corrected chi connectivity index (χ3v) is 3.79. The summed E-state index contributed by atoms with van der Waals surface area (Å²) in [5.74, 6) is -3.19. The molecular weight excluding hydrogens is 390 g/mol. The van der Waals surface area contributed by atoms with Gasteiger partial charge in [-0.3, -0.25) is 24.0 Å². The van der Waals surface area contributed by atoms with Gasteiger partial charge in [-0.2, -0.15) is 0 Å². The van der Waals surface area contributed by atoms with Gasteiger partial charge in [0.2, 0.25) is 12.2 Å². The highest BCUT2D eigenvalue weighted by Crippen LogP contribution is 2.28. The minimum absolute atomic E-state index is 0.158. The molecule has 5 atom stereocenters. The molecule has 0 aromatic carbocycles. The van der Waals surface area contributed by atoms with E-state index in [2.05, 4.69) is 5.32 Å². The van der Waals surface area contributed by atoms with Crippen molar-refractivity contribution in [1.82, 2.24) is 5.32 Å². The summed E-state index contributed by atoms with van der Waals surface area (Å²) in [4.78, 5) is 58.2. The molecule has 1 aliphatic heterocycles. The first-order chi connectivity index (χ1) is 13.5. The van der Waals surface area contributed by atoms with Gasteiger partial charge in [0, 0.05) is 34.1 Å². The Morgan fingerprint density at radius 3 is 1.86 bits per heavy atom. The zero-order chi connectivity index (χ0) is 22.1. The molecule has 3 unspecified atom stereocenters. The molecule has 11 nitrogen and oxygen atoms in total. The molecule has 0 aromatic heterocycles. The van der Waals surface area contributed by atoms with Gasteiger partial charge in [-0.1, -0.05) is 6.92 Å². The molecule has 29 heavy (non-hydrogen) atoms. The zero-order valence-corrected chi connectivity index (χ0v) is 17.1. The van der Waals surface area contributed by atoms with Crippen molar-refractivity contribution in [1.29, 1.82) is 0 Å².